The van der Waals surface area contributed by atoms with Crippen molar-refractivity contribution in [1.29, 1.82) is 0 Å². The van der Waals surface area contributed by atoms with E-state index < -0.39 is 0 Å². The van der Waals surface area contributed by atoms with Crippen LogP contribution < -0.4 is 0 Å². The molecule has 0 radical (unpaired) electrons. The molecule has 2 rings (SSSR count). The fraction of sp³-hybridized carbons (Fsp3) is 0.0833. The van der Waals surface area contributed by atoms with Crippen LogP contribution in [0.15, 0.2) is 57.2 Å². The zero-order valence-corrected chi connectivity index (χ0v) is 10.9. The first-order valence-electron chi connectivity index (χ1n) is 4.79. The minimum atomic E-state index is 0.790. The number of hydrogen-bond acceptors (Lipinski definition) is 3. The molecule has 2 aromatic rings. The molecule has 0 aliphatic rings. The van der Waals surface area contributed by atoms with Gasteiger partial charge in [-0.15, -0.1) is 0 Å². The first-order valence-corrected chi connectivity index (χ1v) is 6.49. The largest absolute Gasteiger partial charge is 0.462 e. The number of benzene rings is 1. The minimum Gasteiger partial charge on any atom is -0.462 e. The van der Waals surface area contributed by atoms with E-state index in [0.717, 1.165) is 16.6 Å². The summed E-state index contributed by atoms with van der Waals surface area (Å²) in [5.74, 6) is 1.67. The van der Waals surface area contributed by atoms with Gasteiger partial charge in [-0.2, -0.15) is 4.02 Å². The number of thioether (sulfide) groups is 1. The molecule has 0 bridgehead atoms. The Labute approximate surface area is 107 Å². The Morgan fingerprint density at radius 1 is 1.19 bits per heavy atom. The standard InChI is InChI=1S/C12H10BrNOS/c13-14-12(11-7-4-8-15-11)16-9-10-5-2-1-3-6-10/h1-8H,9H2/b14-12-. The molecule has 2 nitrogen and oxygen atoms in total. The minimum absolute atomic E-state index is 0.790. The maximum atomic E-state index is 5.29. The number of nitrogens with zero attached hydrogens (tertiary/aromatic N) is 1. The second kappa shape index (κ2) is 5.92. The monoisotopic (exact) mass is 295 g/mol. The summed E-state index contributed by atoms with van der Waals surface area (Å²) in [7, 11) is 0. The normalized spacial score (nSPS) is 11.7. The molecule has 0 saturated carbocycles. The van der Waals surface area contributed by atoms with E-state index in [2.05, 4.69) is 32.3 Å². The van der Waals surface area contributed by atoms with Gasteiger partial charge in [-0.3, -0.25) is 0 Å². The Kier molecular flexibility index (Phi) is 4.25. The van der Waals surface area contributed by atoms with Gasteiger partial charge in [0.1, 0.15) is 5.04 Å². The van der Waals surface area contributed by atoms with Gasteiger partial charge in [0.25, 0.3) is 0 Å². The Morgan fingerprint density at radius 2 is 2.00 bits per heavy atom. The Hall–Kier alpha value is -1.00. The molecule has 1 heterocycles. The molecular formula is C12H10BrNOS. The van der Waals surface area contributed by atoms with E-state index in [1.54, 1.807) is 18.0 Å². The lowest BCUT2D eigenvalue weighted by Gasteiger charge is -2.01. The highest BCUT2D eigenvalue weighted by Gasteiger charge is 2.07. The first-order chi connectivity index (χ1) is 7.90. The van der Waals surface area contributed by atoms with Gasteiger partial charge >= 0.3 is 0 Å². The lowest BCUT2D eigenvalue weighted by molar-refractivity contribution is 0.560. The molecule has 0 N–H and O–H groups in total. The third-order valence-corrected chi connectivity index (χ3v) is 3.66. The topological polar surface area (TPSA) is 25.5 Å². The summed E-state index contributed by atoms with van der Waals surface area (Å²) < 4.78 is 9.34. The predicted octanol–water partition coefficient (Wildman–Crippen LogP) is 4.27. The average molecular weight is 296 g/mol. The SMILES string of the molecule is Br/N=C(\SCc1ccccc1)c1ccco1. The van der Waals surface area contributed by atoms with Crippen molar-refractivity contribution in [3.63, 3.8) is 0 Å². The van der Waals surface area contributed by atoms with Crippen LogP contribution in [0.3, 0.4) is 0 Å². The molecule has 1 aromatic heterocycles. The zero-order chi connectivity index (χ0) is 11.2. The van der Waals surface area contributed by atoms with E-state index in [-0.39, 0.29) is 0 Å². The van der Waals surface area contributed by atoms with Crippen molar-refractivity contribution >= 4 is 33.0 Å². The highest BCUT2D eigenvalue weighted by atomic mass is 79.9. The third-order valence-electron chi connectivity index (χ3n) is 2.03. The molecule has 1 aromatic carbocycles. The zero-order valence-electron chi connectivity index (χ0n) is 8.47. The van der Waals surface area contributed by atoms with E-state index in [0.29, 0.717) is 0 Å². The fourth-order valence-electron chi connectivity index (χ4n) is 1.26. The molecule has 4 heteroatoms. The predicted molar refractivity (Wildman–Crippen MR) is 71.9 cm³/mol. The van der Waals surface area contributed by atoms with Crippen LogP contribution in [0.1, 0.15) is 11.3 Å². The molecule has 0 unspecified atom stereocenters. The number of rotatable bonds is 3. The second-order valence-corrected chi connectivity index (χ2v) is 4.46. The van der Waals surface area contributed by atoms with Crippen LogP contribution in [0.2, 0.25) is 0 Å². The van der Waals surface area contributed by atoms with Crippen molar-refractivity contribution in [1.82, 2.24) is 0 Å². The summed E-state index contributed by atoms with van der Waals surface area (Å²) in [5.41, 5.74) is 1.27. The maximum absolute atomic E-state index is 5.29. The van der Waals surface area contributed by atoms with Gasteiger partial charge in [0.15, 0.2) is 5.76 Å². The summed E-state index contributed by atoms with van der Waals surface area (Å²) >= 11 is 4.76. The summed E-state index contributed by atoms with van der Waals surface area (Å²) in [6.07, 6.45) is 1.65. The van der Waals surface area contributed by atoms with Gasteiger partial charge in [0, 0.05) is 5.75 Å². The fourth-order valence-corrected chi connectivity index (χ4v) is 2.55. The highest BCUT2D eigenvalue weighted by molar-refractivity contribution is 9.08. The van der Waals surface area contributed by atoms with Gasteiger partial charge in [-0.05, 0) is 17.7 Å². The van der Waals surface area contributed by atoms with Gasteiger partial charge < -0.3 is 4.42 Å². The van der Waals surface area contributed by atoms with Gasteiger partial charge in [-0.1, -0.05) is 42.1 Å². The highest BCUT2D eigenvalue weighted by Crippen LogP contribution is 2.20. The van der Waals surface area contributed by atoms with E-state index in [9.17, 15) is 0 Å². The van der Waals surface area contributed by atoms with Crippen LogP contribution in [0, 0.1) is 0 Å². The van der Waals surface area contributed by atoms with E-state index in [1.807, 2.05) is 30.3 Å². The molecular weight excluding hydrogens is 286 g/mol. The number of halogens is 1. The summed E-state index contributed by atoms with van der Waals surface area (Å²) in [4.78, 5) is 0. The Balaban J connectivity index is 2.00. The molecule has 0 atom stereocenters. The van der Waals surface area contributed by atoms with E-state index in [4.69, 9.17) is 4.42 Å². The van der Waals surface area contributed by atoms with Crippen LogP contribution >= 0.6 is 27.9 Å². The molecule has 0 amide bonds. The van der Waals surface area contributed by atoms with Crippen molar-refractivity contribution in [3.8, 4) is 0 Å². The molecule has 0 aliphatic carbocycles. The smallest absolute Gasteiger partial charge is 0.159 e. The van der Waals surface area contributed by atoms with Crippen LogP contribution in [-0.2, 0) is 5.75 Å². The number of hydrogen-bond donors (Lipinski definition) is 0. The van der Waals surface area contributed by atoms with Crippen LogP contribution in [-0.4, -0.2) is 5.04 Å². The van der Waals surface area contributed by atoms with E-state index >= 15 is 0 Å². The molecule has 0 saturated heterocycles. The van der Waals surface area contributed by atoms with Gasteiger partial charge in [-0.25, -0.2) is 0 Å². The molecule has 0 fully saturated rings. The lowest BCUT2D eigenvalue weighted by atomic mass is 10.2. The second-order valence-electron chi connectivity index (χ2n) is 3.14. The van der Waals surface area contributed by atoms with Gasteiger partial charge in [0.2, 0.25) is 0 Å². The maximum Gasteiger partial charge on any atom is 0.159 e. The lowest BCUT2D eigenvalue weighted by Crippen LogP contribution is -1.92. The van der Waals surface area contributed by atoms with Crippen LogP contribution in [0.4, 0.5) is 0 Å². The van der Waals surface area contributed by atoms with Crippen molar-refractivity contribution in [3.05, 3.63) is 60.1 Å². The Bertz CT molecular complexity index is 453. The average Bonchev–Trinajstić information content (AvgIpc) is 2.85. The van der Waals surface area contributed by atoms with Crippen molar-refractivity contribution in [2.45, 2.75) is 5.75 Å². The summed E-state index contributed by atoms with van der Waals surface area (Å²) in [6, 6.07) is 14.0. The molecule has 82 valence electrons. The van der Waals surface area contributed by atoms with Crippen molar-refractivity contribution < 1.29 is 4.42 Å². The van der Waals surface area contributed by atoms with E-state index in [1.165, 1.54) is 5.56 Å². The molecule has 0 aliphatic heterocycles. The quantitative estimate of drug-likeness (QED) is 0.624. The number of furan rings is 1. The Morgan fingerprint density at radius 3 is 2.62 bits per heavy atom. The third kappa shape index (κ3) is 3.00. The van der Waals surface area contributed by atoms with Gasteiger partial charge in [0.05, 0.1) is 22.4 Å². The molecule has 0 spiro atoms. The van der Waals surface area contributed by atoms with Crippen molar-refractivity contribution in [2.75, 3.05) is 0 Å². The summed E-state index contributed by atoms with van der Waals surface area (Å²) in [6.45, 7) is 0. The first kappa shape index (κ1) is 11.5. The van der Waals surface area contributed by atoms with Crippen LogP contribution in [0.5, 0.6) is 0 Å². The van der Waals surface area contributed by atoms with Crippen LogP contribution in [0.25, 0.3) is 0 Å². The molecule has 16 heavy (non-hydrogen) atoms. The van der Waals surface area contributed by atoms with Crippen molar-refractivity contribution in [2.24, 2.45) is 4.02 Å². The summed E-state index contributed by atoms with van der Waals surface area (Å²) in [5, 5.41) is 0.855.